The van der Waals surface area contributed by atoms with Crippen molar-refractivity contribution in [3.05, 3.63) is 0 Å². The van der Waals surface area contributed by atoms with Crippen LogP contribution in [0, 0.1) is 0 Å². The molecule has 0 spiro atoms. The number of nitrogens with zero attached hydrogens (tertiary/aromatic N) is 1. The number of nitrogens with one attached hydrogen (secondary N) is 1. The van der Waals surface area contributed by atoms with E-state index < -0.39 is 0 Å². The molecule has 0 bridgehead atoms. The Morgan fingerprint density at radius 2 is 2.12 bits per heavy atom. The van der Waals surface area contributed by atoms with E-state index in [2.05, 4.69) is 5.32 Å². The van der Waals surface area contributed by atoms with Gasteiger partial charge in [-0.15, -0.1) is 0 Å². The molecule has 0 amide bonds. The average Bonchev–Trinajstić information content (AvgIpc) is 1.94. The maximum absolute atomic E-state index is 8.88. The van der Waals surface area contributed by atoms with E-state index in [0.717, 1.165) is 32.6 Å². The van der Waals surface area contributed by atoms with Crippen LogP contribution in [0.4, 0.5) is 0 Å². The third kappa shape index (κ3) is 1.78. The maximum atomic E-state index is 8.88. The summed E-state index contributed by atoms with van der Waals surface area (Å²) >= 11 is 0. The molecule has 1 fully saturated rings. The quantitative estimate of drug-likeness (QED) is 0.455. The Kier molecular flexibility index (Phi) is 2.27. The molecule has 0 aromatic heterocycles. The molecule has 1 aliphatic rings. The molecule has 0 radical (unpaired) electrons. The molecule has 3 heteroatoms. The highest BCUT2D eigenvalue weighted by Crippen LogP contribution is 1.88. The lowest BCUT2D eigenvalue weighted by atomic mass is 10.4. The minimum absolute atomic E-state index is 0.764. The average molecular weight is 116 g/mol. The molecule has 8 heavy (non-hydrogen) atoms. The zero-order chi connectivity index (χ0) is 5.82. The fraction of sp³-hybridized carbons (Fsp3) is 1.00. The molecule has 0 aliphatic carbocycles. The number of hydrogen-bond donors (Lipinski definition) is 2. The Morgan fingerprint density at radius 3 is 3.00 bits per heavy atom. The third-order valence-electron chi connectivity index (χ3n) is 1.32. The standard InChI is InChI=1S/C5H12N2O/c8-7-4-1-2-6-3-5-7/h6,8H,1-5H2. The molecule has 1 aliphatic heterocycles. The first-order chi connectivity index (χ1) is 3.89. The van der Waals surface area contributed by atoms with E-state index in [9.17, 15) is 0 Å². The van der Waals surface area contributed by atoms with E-state index in [1.807, 2.05) is 0 Å². The van der Waals surface area contributed by atoms with Crippen molar-refractivity contribution < 1.29 is 5.21 Å². The van der Waals surface area contributed by atoms with Crippen molar-refractivity contribution in [3.63, 3.8) is 0 Å². The van der Waals surface area contributed by atoms with Gasteiger partial charge in [-0.25, -0.2) is 0 Å². The fourth-order valence-electron chi connectivity index (χ4n) is 0.831. The van der Waals surface area contributed by atoms with E-state index in [1.54, 1.807) is 0 Å². The zero-order valence-corrected chi connectivity index (χ0v) is 4.93. The lowest BCUT2D eigenvalue weighted by molar-refractivity contribution is -0.0846. The van der Waals surface area contributed by atoms with Crippen molar-refractivity contribution in [2.45, 2.75) is 6.42 Å². The second-order valence-corrected chi connectivity index (χ2v) is 2.06. The van der Waals surface area contributed by atoms with E-state index in [1.165, 1.54) is 5.06 Å². The van der Waals surface area contributed by atoms with Crippen LogP contribution in [0.1, 0.15) is 6.42 Å². The normalized spacial score (nSPS) is 25.1. The molecule has 0 saturated carbocycles. The number of hydroxylamine groups is 2. The van der Waals surface area contributed by atoms with Gasteiger partial charge in [-0.2, -0.15) is 5.06 Å². The Hall–Kier alpha value is -0.120. The predicted molar refractivity (Wildman–Crippen MR) is 30.8 cm³/mol. The molecule has 0 aromatic carbocycles. The highest BCUT2D eigenvalue weighted by molar-refractivity contribution is 4.57. The molecule has 1 saturated heterocycles. The minimum Gasteiger partial charge on any atom is -0.315 e. The van der Waals surface area contributed by atoms with Crippen molar-refractivity contribution >= 4 is 0 Å². The van der Waals surface area contributed by atoms with E-state index in [-0.39, 0.29) is 0 Å². The van der Waals surface area contributed by atoms with Crippen molar-refractivity contribution in [1.29, 1.82) is 0 Å². The minimum atomic E-state index is 0.764. The lowest BCUT2D eigenvalue weighted by Crippen LogP contribution is -2.24. The summed E-state index contributed by atoms with van der Waals surface area (Å²) < 4.78 is 0. The molecule has 3 nitrogen and oxygen atoms in total. The smallest absolute Gasteiger partial charge is 0.0363 e. The van der Waals surface area contributed by atoms with E-state index in [4.69, 9.17) is 5.21 Å². The van der Waals surface area contributed by atoms with Gasteiger partial charge in [0.1, 0.15) is 0 Å². The summed E-state index contributed by atoms with van der Waals surface area (Å²) in [6, 6.07) is 0. The second kappa shape index (κ2) is 3.02. The van der Waals surface area contributed by atoms with Crippen molar-refractivity contribution in [1.82, 2.24) is 10.4 Å². The highest BCUT2D eigenvalue weighted by atomic mass is 16.5. The van der Waals surface area contributed by atoms with Crippen LogP contribution >= 0.6 is 0 Å². The summed E-state index contributed by atoms with van der Waals surface area (Å²) in [7, 11) is 0. The summed E-state index contributed by atoms with van der Waals surface area (Å²) in [4.78, 5) is 0. The molecule has 0 atom stereocenters. The van der Waals surface area contributed by atoms with Gasteiger partial charge >= 0.3 is 0 Å². The van der Waals surface area contributed by atoms with Crippen LogP contribution in [0.5, 0.6) is 0 Å². The van der Waals surface area contributed by atoms with Crippen LogP contribution in [0.25, 0.3) is 0 Å². The first-order valence-electron chi connectivity index (χ1n) is 3.04. The first kappa shape index (κ1) is 6.01. The Morgan fingerprint density at radius 1 is 1.25 bits per heavy atom. The van der Waals surface area contributed by atoms with Gasteiger partial charge in [-0.1, -0.05) is 0 Å². The number of rotatable bonds is 0. The van der Waals surface area contributed by atoms with Gasteiger partial charge in [0.2, 0.25) is 0 Å². The van der Waals surface area contributed by atoms with Crippen molar-refractivity contribution in [2.24, 2.45) is 0 Å². The van der Waals surface area contributed by atoms with Gasteiger partial charge in [-0.3, -0.25) is 0 Å². The van der Waals surface area contributed by atoms with Crippen LogP contribution in [0.3, 0.4) is 0 Å². The van der Waals surface area contributed by atoms with Crippen molar-refractivity contribution in [2.75, 3.05) is 26.2 Å². The van der Waals surface area contributed by atoms with Gasteiger partial charge < -0.3 is 10.5 Å². The summed E-state index contributed by atoms with van der Waals surface area (Å²) in [6.07, 6.45) is 1.05. The van der Waals surface area contributed by atoms with Crippen LogP contribution in [0.2, 0.25) is 0 Å². The van der Waals surface area contributed by atoms with Gasteiger partial charge in [0.25, 0.3) is 0 Å². The van der Waals surface area contributed by atoms with Crippen molar-refractivity contribution in [3.8, 4) is 0 Å². The van der Waals surface area contributed by atoms with Crippen LogP contribution in [-0.4, -0.2) is 36.4 Å². The summed E-state index contributed by atoms with van der Waals surface area (Å²) in [5.74, 6) is 0. The SMILES string of the molecule is ON1CCCNCC1. The summed E-state index contributed by atoms with van der Waals surface area (Å²) in [6.45, 7) is 3.53. The highest BCUT2D eigenvalue weighted by Gasteiger charge is 2.02. The third-order valence-corrected chi connectivity index (χ3v) is 1.32. The summed E-state index contributed by atoms with van der Waals surface area (Å²) in [5.41, 5.74) is 0. The zero-order valence-electron chi connectivity index (χ0n) is 4.93. The van der Waals surface area contributed by atoms with Crippen LogP contribution < -0.4 is 5.32 Å². The molecule has 48 valence electrons. The molecule has 1 rings (SSSR count). The molecule has 1 heterocycles. The molecular weight excluding hydrogens is 104 g/mol. The molecule has 2 N–H and O–H groups in total. The van der Waals surface area contributed by atoms with Gasteiger partial charge in [0.05, 0.1) is 0 Å². The maximum Gasteiger partial charge on any atom is 0.0363 e. The fourth-order valence-corrected chi connectivity index (χ4v) is 0.831. The number of hydrogen-bond acceptors (Lipinski definition) is 3. The van der Waals surface area contributed by atoms with E-state index in [0.29, 0.717) is 0 Å². The van der Waals surface area contributed by atoms with Gasteiger partial charge in [0.15, 0.2) is 0 Å². The molecule has 0 unspecified atom stereocenters. The first-order valence-corrected chi connectivity index (χ1v) is 3.04. The Labute approximate surface area is 49.3 Å². The van der Waals surface area contributed by atoms with Gasteiger partial charge in [-0.05, 0) is 13.0 Å². The largest absolute Gasteiger partial charge is 0.315 e. The lowest BCUT2D eigenvalue weighted by Gasteiger charge is -2.07. The second-order valence-electron chi connectivity index (χ2n) is 2.06. The van der Waals surface area contributed by atoms with Gasteiger partial charge in [0, 0.05) is 19.6 Å². The Bertz CT molecular complexity index is 59.4. The summed E-state index contributed by atoms with van der Waals surface area (Å²) in [5, 5.41) is 13.4. The van der Waals surface area contributed by atoms with Crippen LogP contribution in [-0.2, 0) is 0 Å². The predicted octanol–water partition coefficient (Wildman–Crippen LogP) is -0.329. The van der Waals surface area contributed by atoms with Crippen LogP contribution in [0.15, 0.2) is 0 Å². The Balaban J connectivity index is 2.17. The molecule has 0 aromatic rings. The molecular formula is C5H12N2O. The van der Waals surface area contributed by atoms with E-state index >= 15 is 0 Å². The monoisotopic (exact) mass is 116 g/mol. The topological polar surface area (TPSA) is 35.5 Å².